The fourth-order valence-corrected chi connectivity index (χ4v) is 2.45. The molecule has 1 saturated heterocycles. The van der Waals surface area contributed by atoms with E-state index in [4.69, 9.17) is 0 Å². The highest BCUT2D eigenvalue weighted by molar-refractivity contribution is 5.83. The van der Waals surface area contributed by atoms with Crippen LogP contribution in [0.4, 0.5) is 0 Å². The summed E-state index contributed by atoms with van der Waals surface area (Å²) in [5.41, 5.74) is 2.14. The molecule has 0 bridgehead atoms. The first-order valence-corrected chi connectivity index (χ1v) is 6.37. The summed E-state index contributed by atoms with van der Waals surface area (Å²) in [5.74, 6) is 0.106. The third-order valence-corrected chi connectivity index (χ3v) is 3.41. The molecule has 1 aromatic carbocycles. The molecule has 1 unspecified atom stereocenters. The van der Waals surface area contributed by atoms with Crippen molar-refractivity contribution in [2.24, 2.45) is 0 Å². The average molecular weight is 243 g/mol. The molecule has 1 aromatic heterocycles. The first-order valence-electron chi connectivity index (χ1n) is 6.37. The van der Waals surface area contributed by atoms with E-state index in [1.54, 1.807) is 0 Å². The molecule has 3 rings (SSSR count). The van der Waals surface area contributed by atoms with Gasteiger partial charge >= 0.3 is 0 Å². The summed E-state index contributed by atoms with van der Waals surface area (Å²) in [6.07, 6.45) is 3.39. The molecule has 2 heterocycles. The number of rotatable bonds is 3. The van der Waals surface area contributed by atoms with E-state index in [0.717, 1.165) is 30.6 Å². The summed E-state index contributed by atoms with van der Waals surface area (Å²) in [5, 5.41) is 7.48. The van der Waals surface area contributed by atoms with Crippen molar-refractivity contribution >= 4 is 16.8 Å². The number of carbonyl (C=O) groups excluding carboxylic acids is 1. The van der Waals surface area contributed by atoms with E-state index >= 15 is 0 Å². The standard InChI is InChI=1S/C14H17N3O/c18-14(17-12-4-5-15-9-12)8-10-1-2-11-3-6-16-13(11)7-10/h1-3,6-7,12,15-16H,4-5,8-9H2,(H,17,18). The number of carbonyl (C=O) groups is 1. The lowest BCUT2D eigenvalue weighted by molar-refractivity contribution is -0.121. The molecule has 1 atom stereocenters. The number of hydrogen-bond donors (Lipinski definition) is 3. The molecule has 0 spiro atoms. The minimum absolute atomic E-state index is 0.106. The molecule has 3 N–H and O–H groups in total. The van der Waals surface area contributed by atoms with Crippen LogP contribution in [0.25, 0.3) is 10.9 Å². The number of H-pyrrole nitrogens is 1. The molecule has 1 aliphatic heterocycles. The lowest BCUT2D eigenvalue weighted by Gasteiger charge is -2.11. The van der Waals surface area contributed by atoms with Crippen molar-refractivity contribution in [3.63, 3.8) is 0 Å². The van der Waals surface area contributed by atoms with Gasteiger partial charge in [0.25, 0.3) is 0 Å². The van der Waals surface area contributed by atoms with Crippen molar-refractivity contribution in [2.45, 2.75) is 18.9 Å². The molecule has 1 amide bonds. The van der Waals surface area contributed by atoms with Gasteiger partial charge in [0.15, 0.2) is 0 Å². The van der Waals surface area contributed by atoms with E-state index in [0.29, 0.717) is 12.5 Å². The Balaban J connectivity index is 1.65. The van der Waals surface area contributed by atoms with Gasteiger partial charge in [-0.05, 0) is 36.0 Å². The van der Waals surface area contributed by atoms with Gasteiger partial charge in [-0.25, -0.2) is 0 Å². The van der Waals surface area contributed by atoms with Crippen LogP contribution in [0.5, 0.6) is 0 Å². The van der Waals surface area contributed by atoms with Crippen LogP contribution in [-0.4, -0.2) is 30.0 Å². The van der Waals surface area contributed by atoms with Gasteiger partial charge in [-0.3, -0.25) is 4.79 Å². The van der Waals surface area contributed by atoms with Gasteiger partial charge < -0.3 is 15.6 Å². The first-order chi connectivity index (χ1) is 8.81. The zero-order valence-electron chi connectivity index (χ0n) is 10.2. The lowest BCUT2D eigenvalue weighted by Crippen LogP contribution is -2.37. The van der Waals surface area contributed by atoms with E-state index in [2.05, 4.69) is 15.6 Å². The van der Waals surface area contributed by atoms with E-state index in [1.807, 2.05) is 30.5 Å². The van der Waals surface area contributed by atoms with Crippen molar-refractivity contribution in [1.29, 1.82) is 0 Å². The minimum atomic E-state index is 0.106. The maximum absolute atomic E-state index is 11.9. The zero-order valence-corrected chi connectivity index (χ0v) is 10.2. The zero-order chi connectivity index (χ0) is 12.4. The van der Waals surface area contributed by atoms with E-state index < -0.39 is 0 Å². The van der Waals surface area contributed by atoms with E-state index in [9.17, 15) is 4.79 Å². The fraction of sp³-hybridized carbons (Fsp3) is 0.357. The number of amides is 1. The summed E-state index contributed by atoms with van der Waals surface area (Å²) in [7, 11) is 0. The molecule has 0 saturated carbocycles. The average Bonchev–Trinajstić information content (AvgIpc) is 2.98. The SMILES string of the molecule is O=C(Cc1ccc2cc[nH]c2c1)NC1CCNC1. The van der Waals surface area contributed by atoms with E-state index in [1.165, 1.54) is 5.39 Å². The largest absolute Gasteiger partial charge is 0.361 e. The Morgan fingerprint density at radius 2 is 2.33 bits per heavy atom. The number of fused-ring (bicyclic) bond motifs is 1. The summed E-state index contributed by atoms with van der Waals surface area (Å²) < 4.78 is 0. The molecule has 2 aromatic rings. The van der Waals surface area contributed by atoms with Crippen molar-refractivity contribution in [3.05, 3.63) is 36.0 Å². The second kappa shape index (κ2) is 4.82. The minimum Gasteiger partial charge on any atom is -0.361 e. The lowest BCUT2D eigenvalue weighted by atomic mass is 10.1. The second-order valence-corrected chi connectivity index (χ2v) is 4.83. The Morgan fingerprint density at radius 1 is 1.39 bits per heavy atom. The molecule has 1 aliphatic rings. The molecule has 4 heteroatoms. The Labute approximate surface area is 106 Å². The number of hydrogen-bond acceptors (Lipinski definition) is 2. The van der Waals surface area contributed by atoms with Gasteiger partial charge in [0, 0.05) is 24.3 Å². The normalized spacial score (nSPS) is 19.2. The highest BCUT2D eigenvalue weighted by Crippen LogP contribution is 2.14. The van der Waals surface area contributed by atoms with Crippen LogP contribution in [0.2, 0.25) is 0 Å². The second-order valence-electron chi connectivity index (χ2n) is 4.83. The highest BCUT2D eigenvalue weighted by Gasteiger charge is 2.16. The van der Waals surface area contributed by atoms with Crippen LogP contribution in [-0.2, 0) is 11.2 Å². The fourth-order valence-electron chi connectivity index (χ4n) is 2.45. The predicted molar refractivity (Wildman–Crippen MR) is 71.4 cm³/mol. The van der Waals surface area contributed by atoms with Crippen LogP contribution in [0.15, 0.2) is 30.5 Å². The summed E-state index contributed by atoms with van der Waals surface area (Å²) in [6.45, 7) is 1.89. The molecular weight excluding hydrogens is 226 g/mol. The number of nitrogens with one attached hydrogen (secondary N) is 3. The van der Waals surface area contributed by atoms with Gasteiger partial charge in [0.2, 0.25) is 5.91 Å². The van der Waals surface area contributed by atoms with Crippen LogP contribution >= 0.6 is 0 Å². The molecule has 94 valence electrons. The Bertz CT molecular complexity index is 555. The maximum Gasteiger partial charge on any atom is 0.224 e. The van der Waals surface area contributed by atoms with Crippen molar-refractivity contribution < 1.29 is 4.79 Å². The topological polar surface area (TPSA) is 56.9 Å². The maximum atomic E-state index is 11.9. The summed E-state index contributed by atoms with van der Waals surface area (Å²) in [6, 6.07) is 8.44. The summed E-state index contributed by atoms with van der Waals surface area (Å²) in [4.78, 5) is 15.1. The Hall–Kier alpha value is -1.81. The van der Waals surface area contributed by atoms with Gasteiger partial charge in [-0.15, -0.1) is 0 Å². The van der Waals surface area contributed by atoms with Crippen molar-refractivity contribution in [3.8, 4) is 0 Å². The monoisotopic (exact) mass is 243 g/mol. The quantitative estimate of drug-likeness (QED) is 0.758. The third kappa shape index (κ3) is 2.38. The Morgan fingerprint density at radius 3 is 3.17 bits per heavy atom. The predicted octanol–water partition coefficient (Wildman–Crippen LogP) is 1.19. The van der Waals surface area contributed by atoms with Gasteiger partial charge in [-0.1, -0.05) is 12.1 Å². The molecule has 0 aliphatic carbocycles. The number of benzene rings is 1. The molecule has 0 radical (unpaired) electrons. The number of aromatic amines is 1. The van der Waals surface area contributed by atoms with Gasteiger partial charge in [0.05, 0.1) is 6.42 Å². The van der Waals surface area contributed by atoms with Crippen LogP contribution in [0.1, 0.15) is 12.0 Å². The van der Waals surface area contributed by atoms with Crippen LogP contribution < -0.4 is 10.6 Å². The molecular formula is C14H17N3O. The van der Waals surface area contributed by atoms with Gasteiger partial charge in [-0.2, -0.15) is 0 Å². The third-order valence-electron chi connectivity index (χ3n) is 3.41. The van der Waals surface area contributed by atoms with Crippen LogP contribution in [0.3, 0.4) is 0 Å². The van der Waals surface area contributed by atoms with Crippen LogP contribution in [0, 0.1) is 0 Å². The van der Waals surface area contributed by atoms with Gasteiger partial charge in [0.1, 0.15) is 0 Å². The molecule has 1 fully saturated rings. The Kier molecular flexibility index (Phi) is 3.02. The highest BCUT2D eigenvalue weighted by atomic mass is 16.1. The molecule has 18 heavy (non-hydrogen) atoms. The van der Waals surface area contributed by atoms with Crippen molar-refractivity contribution in [1.82, 2.24) is 15.6 Å². The smallest absolute Gasteiger partial charge is 0.224 e. The van der Waals surface area contributed by atoms with E-state index in [-0.39, 0.29) is 5.91 Å². The first kappa shape index (κ1) is 11.3. The van der Waals surface area contributed by atoms with Crippen molar-refractivity contribution in [2.75, 3.05) is 13.1 Å². The molecule has 4 nitrogen and oxygen atoms in total. The number of aromatic nitrogens is 1. The summed E-state index contributed by atoms with van der Waals surface area (Å²) >= 11 is 0.